The first-order valence-corrected chi connectivity index (χ1v) is 5.06. The zero-order chi connectivity index (χ0) is 9.10. The molecule has 1 saturated heterocycles. The van der Waals surface area contributed by atoms with Crippen molar-refractivity contribution >= 4 is 11.6 Å². The van der Waals surface area contributed by atoms with E-state index in [-0.39, 0.29) is 0 Å². The minimum absolute atomic E-state index is 0.576. The average molecular weight is 197 g/mol. The Labute approximate surface area is 83.3 Å². The van der Waals surface area contributed by atoms with Crippen LogP contribution in [0, 0.1) is 0 Å². The van der Waals surface area contributed by atoms with Crippen molar-refractivity contribution in [1.29, 1.82) is 0 Å². The molecular weight excluding hydrogens is 184 g/mol. The number of nitrogens with one attached hydrogen (secondary N) is 1. The number of pyridine rings is 1. The van der Waals surface area contributed by atoms with E-state index >= 15 is 0 Å². The van der Waals surface area contributed by atoms with E-state index < -0.39 is 0 Å². The van der Waals surface area contributed by atoms with E-state index in [4.69, 9.17) is 11.6 Å². The van der Waals surface area contributed by atoms with E-state index in [9.17, 15) is 0 Å². The Bertz CT molecular complexity index is 265. The van der Waals surface area contributed by atoms with E-state index in [2.05, 4.69) is 16.4 Å². The highest BCUT2D eigenvalue weighted by molar-refractivity contribution is 6.29. The second kappa shape index (κ2) is 4.07. The van der Waals surface area contributed by atoms with Crippen LogP contribution in [0.1, 0.15) is 24.3 Å². The summed E-state index contributed by atoms with van der Waals surface area (Å²) in [5.41, 5.74) is 1.30. The molecule has 2 rings (SSSR count). The SMILES string of the molecule is Clc1ccc(C2CCCNC2)cn1. The van der Waals surface area contributed by atoms with Crippen LogP contribution in [0.25, 0.3) is 0 Å². The molecule has 0 spiro atoms. The lowest BCUT2D eigenvalue weighted by atomic mass is 9.93. The van der Waals surface area contributed by atoms with Crippen molar-refractivity contribution in [2.24, 2.45) is 0 Å². The van der Waals surface area contributed by atoms with Crippen LogP contribution in [0.3, 0.4) is 0 Å². The van der Waals surface area contributed by atoms with Gasteiger partial charge < -0.3 is 5.32 Å². The first-order valence-electron chi connectivity index (χ1n) is 4.68. The molecule has 1 unspecified atom stereocenters. The van der Waals surface area contributed by atoms with Crippen LogP contribution in [0.15, 0.2) is 18.3 Å². The molecule has 1 fully saturated rings. The van der Waals surface area contributed by atoms with Gasteiger partial charge in [-0.1, -0.05) is 17.7 Å². The van der Waals surface area contributed by atoms with Gasteiger partial charge in [-0.3, -0.25) is 0 Å². The molecule has 1 aromatic rings. The first-order chi connectivity index (χ1) is 6.36. The highest BCUT2D eigenvalue weighted by Gasteiger charge is 2.14. The molecular formula is C10H13ClN2. The fourth-order valence-electron chi connectivity index (χ4n) is 1.77. The third-order valence-electron chi connectivity index (χ3n) is 2.52. The van der Waals surface area contributed by atoms with Gasteiger partial charge in [0.25, 0.3) is 0 Å². The lowest BCUT2D eigenvalue weighted by Gasteiger charge is -2.22. The van der Waals surface area contributed by atoms with E-state index in [1.807, 2.05) is 12.3 Å². The maximum atomic E-state index is 5.72. The fourth-order valence-corrected chi connectivity index (χ4v) is 1.88. The highest BCUT2D eigenvalue weighted by Crippen LogP contribution is 2.22. The lowest BCUT2D eigenvalue weighted by Crippen LogP contribution is -2.28. The fraction of sp³-hybridized carbons (Fsp3) is 0.500. The Balaban J connectivity index is 2.10. The molecule has 1 aromatic heterocycles. The molecule has 1 N–H and O–H groups in total. The topological polar surface area (TPSA) is 24.9 Å². The third kappa shape index (κ3) is 2.20. The number of rotatable bonds is 1. The average Bonchev–Trinajstić information content (AvgIpc) is 2.20. The van der Waals surface area contributed by atoms with Crippen LogP contribution in [0.2, 0.25) is 5.15 Å². The van der Waals surface area contributed by atoms with Gasteiger partial charge in [-0.2, -0.15) is 0 Å². The van der Waals surface area contributed by atoms with Gasteiger partial charge in [-0.25, -0.2) is 4.98 Å². The van der Waals surface area contributed by atoms with Crippen molar-refractivity contribution in [3.63, 3.8) is 0 Å². The molecule has 0 bridgehead atoms. The normalized spacial score (nSPS) is 23.0. The molecule has 0 aliphatic carbocycles. The number of nitrogens with zero attached hydrogens (tertiary/aromatic N) is 1. The summed E-state index contributed by atoms with van der Waals surface area (Å²) in [7, 11) is 0. The second-order valence-corrected chi connectivity index (χ2v) is 3.84. The van der Waals surface area contributed by atoms with Crippen molar-refractivity contribution in [2.75, 3.05) is 13.1 Å². The molecule has 13 heavy (non-hydrogen) atoms. The Kier molecular flexibility index (Phi) is 2.81. The highest BCUT2D eigenvalue weighted by atomic mass is 35.5. The summed E-state index contributed by atoms with van der Waals surface area (Å²) in [6.07, 6.45) is 4.41. The van der Waals surface area contributed by atoms with Crippen molar-refractivity contribution in [3.05, 3.63) is 29.0 Å². The second-order valence-electron chi connectivity index (χ2n) is 3.46. The summed E-state index contributed by atoms with van der Waals surface area (Å²) in [4.78, 5) is 4.09. The molecule has 70 valence electrons. The molecule has 0 amide bonds. The van der Waals surface area contributed by atoms with E-state index in [0.29, 0.717) is 11.1 Å². The Morgan fingerprint density at radius 1 is 1.46 bits per heavy atom. The van der Waals surface area contributed by atoms with Gasteiger partial charge >= 0.3 is 0 Å². The Morgan fingerprint density at radius 3 is 3.00 bits per heavy atom. The van der Waals surface area contributed by atoms with Gasteiger partial charge in [0.1, 0.15) is 5.15 Å². The molecule has 0 radical (unpaired) electrons. The van der Waals surface area contributed by atoms with Crippen molar-refractivity contribution in [3.8, 4) is 0 Å². The van der Waals surface area contributed by atoms with Crippen molar-refractivity contribution in [1.82, 2.24) is 10.3 Å². The van der Waals surface area contributed by atoms with Gasteiger partial charge in [-0.15, -0.1) is 0 Å². The molecule has 1 atom stereocenters. The molecule has 2 heterocycles. The summed E-state index contributed by atoms with van der Waals surface area (Å²) >= 11 is 5.72. The quantitative estimate of drug-likeness (QED) is 0.697. The minimum Gasteiger partial charge on any atom is -0.316 e. The predicted octanol–water partition coefficient (Wildman–Crippen LogP) is 2.20. The van der Waals surface area contributed by atoms with Crippen LogP contribution < -0.4 is 5.32 Å². The number of aromatic nitrogens is 1. The van der Waals surface area contributed by atoms with Crippen LogP contribution >= 0.6 is 11.6 Å². The number of halogens is 1. The molecule has 3 heteroatoms. The van der Waals surface area contributed by atoms with Crippen LogP contribution in [0.4, 0.5) is 0 Å². The molecule has 2 nitrogen and oxygen atoms in total. The minimum atomic E-state index is 0.576. The standard InChI is InChI=1S/C10H13ClN2/c11-10-4-3-9(7-13-10)8-2-1-5-12-6-8/h3-4,7-8,12H,1-2,5-6H2. The maximum absolute atomic E-state index is 5.72. The zero-order valence-electron chi connectivity index (χ0n) is 7.46. The molecule has 0 aromatic carbocycles. The predicted molar refractivity (Wildman–Crippen MR) is 54.1 cm³/mol. The summed E-state index contributed by atoms with van der Waals surface area (Å²) in [6, 6.07) is 3.94. The molecule has 1 aliphatic heterocycles. The first kappa shape index (κ1) is 8.97. The molecule has 1 aliphatic rings. The number of hydrogen-bond acceptors (Lipinski definition) is 2. The summed E-state index contributed by atoms with van der Waals surface area (Å²) < 4.78 is 0. The summed E-state index contributed by atoms with van der Waals surface area (Å²) in [6.45, 7) is 2.22. The largest absolute Gasteiger partial charge is 0.316 e. The van der Waals surface area contributed by atoms with Gasteiger partial charge in [0.2, 0.25) is 0 Å². The Hall–Kier alpha value is -0.600. The van der Waals surface area contributed by atoms with Crippen molar-refractivity contribution in [2.45, 2.75) is 18.8 Å². The van der Waals surface area contributed by atoms with Gasteiger partial charge in [0.05, 0.1) is 0 Å². The smallest absolute Gasteiger partial charge is 0.129 e. The summed E-state index contributed by atoms with van der Waals surface area (Å²) in [5.74, 6) is 0.624. The van der Waals surface area contributed by atoms with Crippen molar-refractivity contribution < 1.29 is 0 Å². The van der Waals surface area contributed by atoms with Gasteiger partial charge in [0.15, 0.2) is 0 Å². The van der Waals surface area contributed by atoms with Crippen LogP contribution in [-0.4, -0.2) is 18.1 Å². The summed E-state index contributed by atoms with van der Waals surface area (Å²) in [5, 5.41) is 3.96. The molecule has 0 saturated carbocycles. The van der Waals surface area contributed by atoms with Gasteiger partial charge in [0, 0.05) is 12.7 Å². The zero-order valence-corrected chi connectivity index (χ0v) is 8.22. The van der Waals surface area contributed by atoms with E-state index in [1.165, 1.54) is 18.4 Å². The third-order valence-corrected chi connectivity index (χ3v) is 2.74. The van der Waals surface area contributed by atoms with Crippen LogP contribution in [-0.2, 0) is 0 Å². The number of hydrogen-bond donors (Lipinski definition) is 1. The Morgan fingerprint density at radius 2 is 2.38 bits per heavy atom. The van der Waals surface area contributed by atoms with E-state index in [0.717, 1.165) is 13.1 Å². The van der Waals surface area contributed by atoms with E-state index in [1.54, 1.807) is 0 Å². The van der Waals surface area contributed by atoms with Crippen LogP contribution in [0.5, 0.6) is 0 Å². The number of piperidine rings is 1. The maximum Gasteiger partial charge on any atom is 0.129 e. The van der Waals surface area contributed by atoms with Gasteiger partial charge in [-0.05, 0) is 36.9 Å². The monoisotopic (exact) mass is 196 g/mol. The lowest BCUT2D eigenvalue weighted by molar-refractivity contribution is 0.461.